The molecule has 1 heterocycles. The summed E-state index contributed by atoms with van der Waals surface area (Å²) < 4.78 is 28.1. The Morgan fingerprint density at radius 1 is 1.37 bits per heavy atom. The van der Waals surface area contributed by atoms with Crippen molar-refractivity contribution in [1.82, 2.24) is 14.5 Å². The predicted octanol–water partition coefficient (Wildman–Crippen LogP) is 2.11. The Hall–Kier alpha value is -2.24. The number of hydrogen-bond donors (Lipinski definition) is 0. The minimum Gasteiger partial charge on any atom is -0.383 e. The number of aryl methyl sites for hydroxylation is 1. The fourth-order valence-corrected chi connectivity index (χ4v) is 1.78. The largest absolute Gasteiger partial charge is 0.383 e. The van der Waals surface area contributed by atoms with Crippen LogP contribution in [0.2, 0.25) is 0 Å². The number of benzene rings is 1. The summed E-state index contributed by atoms with van der Waals surface area (Å²) in [6.45, 7) is 0. The summed E-state index contributed by atoms with van der Waals surface area (Å²) in [5.74, 6) is -1.75. The van der Waals surface area contributed by atoms with Gasteiger partial charge in [0.2, 0.25) is 5.78 Å². The summed E-state index contributed by atoms with van der Waals surface area (Å²) in [4.78, 5) is 17.6. The third kappa shape index (κ3) is 2.47. The lowest BCUT2D eigenvalue weighted by atomic mass is 10.3. The zero-order valence-electron chi connectivity index (χ0n) is 10.8. The van der Waals surface area contributed by atoms with Crippen LogP contribution in [0.25, 0.3) is 11.0 Å². The van der Waals surface area contributed by atoms with Gasteiger partial charge in [0.25, 0.3) is 0 Å². The molecule has 19 heavy (non-hydrogen) atoms. The molecular weight excluding hydrogens is 252 g/mol. The van der Waals surface area contributed by atoms with Crippen molar-refractivity contribution < 1.29 is 13.6 Å². The van der Waals surface area contributed by atoms with E-state index in [4.69, 9.17) is 0 Å². The van der Waals surface area contributed by atoms with Crippen LogP contribution in [0.5, 0.6) is 0 Å². The van der Waals surface area contributed by atoms with Crippen molar-refractivity contribution in [3.05, 3.63) is 41.9 Å². The molecule has 0 spiro atoms. The minimum atomic E-state index is -0.736. The maximum Gasteiger partial charge on any atom is 0.222 e. The van der Waals surface area contributed by atoms with Crippen molar-refractivity contribution >= 4 is 16.8 Å². The molecule has 1 aromatic carbocycles. The van der Waals surface area contributed by atoms with Gasteiger partial charge in [0.1, 0.15) is 11.3 Å². The Kier molecular flexibility index (Phi) is 3.33. The summed E-state index contributed by atoms with van der Waals surface area (Å²) in [6, 6.07) is 1.87. The zero-order valence-corrected chi connectivity index (χ0v) is 10.8. The lowest BCUT2D eigenvalue weighted by Gasteiger charge is -2.03. The number of carbonyl (C=O) groups excluding carboxylic acids is 1. The van der Waals surface area contributed by atoms with Crippen molar-refractivity contribution in [2.45, 2.75) is 0 Å². The standard InChI is InChI=1S/C13H13F2N3O/c1-17(2)5-4-11(19)13-16-10-7-8(14)6-9(15)12(10)18(13)3/h4-7H,1-3H3/b5-4+. The number of aromatic nitrogens is 2. The lowest BCUT2D eigenvalue weighted by molar-refractivity contribution is 0.103. The lowest BCUT2D eigenvalue weighted by Crippen LogP contribution is -2.07. The molecule has 2 rings (SSSR count). The fourth-order valence-electron chi connectivity index (χ4n) is 1.78. The van der Waals surface area contributed by atoms with E-state index >= 15 is 0 Å². The average Bonchev–Trinajstić information content (AvgIpc) is 2.63. The maximum absolute atomic E-state index is 13.7. The van der Waals surface area contributed by atoms with Gasteiger partial charge in [0.05, 0.1) is 5.52 Å². The van der Waals surface area contributed by atoms with Crippen molar-refractivity contribution in [1.29, 1.82) is 0 Å². The highest BCUT2D eigenvalue weighted by Gasteiger charge is 2.17. The van der Waals surface area contributed by atoms with Gasteiger partial charge >= 0.3 is 0 Å². The maximum atomic E-state index is 13.7. The smallest absolute Gasteiger partial charge is 0.222 e. The summed E-state index contributed by atoms with van der Waals surface area (Å²) in [5.41, 5.74) is 0.240. The first-order valence-electron chi connectivity index (χ1n) is 5.60. The Labute approximate surface area is 109 Å². The Balaban J connectivity index is 2.54. The summed E-state index contributed by atoms with van der Waals surface area (Å²) >= 11 is 0. The van der Waals surface area contributed by atoms with Gasteiger partial charge in [-0.05, 0) is 0 Å². The van der Waals surface area contributed by atoms with E-state index in [0.717, 1.165) is 12.1 Å². The molecule has 0 aliphatic rings. The summed E-state index contributed by atoms with van der Waals surface area (Å²) in [7, 11) is 5.06. The number of halogens is 2. The average molecular weight is 265 g/mol. The van der Waals surface area contributed by atoms with Crippen LogP contribution >= 0.6 is 0 Å². The van der Waals surface area contributed by atoms with Crippen molar-refractivity contribution in [3.8, 4) is 0 Å². The molecule has 0 fully saturated rings. The Morgan fingerprint density at radius 2 is 2.05 bits per heavy atom. The molecule has 100 valence electrons. The predicted molar refractivity (Wildman–Crippen MR) is 67.8 cm³/mol. The summed E-state index contributed by atoms with van der Waals surface area (Å²) in [5, 5.41) is 0. The van der Waals surface area contributed by atoms with Gasteiger partial charge in [0, 0.05) is 45.6 Å². The number of allylic oxidation sites excluding steroid dienone is 1. The van der Waals surface area contributed by atoms with Crippen molar-refractivity contribution in [2.75, 3.05) is 14.1 Å². The van der Waals surface area contributed by atoms with E-state index in [2.05, 4.69) is 4.98 Å². The molecule has 0 atom stereocenters. The van der Waals surface area contributed by atoms with Gasteiger partial charge in [-0.2, -0.15) is 0 Å². The normalized spacial score (nSPS) is 11.4. The number of ketones is 1. The van der Waals surface area contributed by atoms with Gasteiger partial charge < -0.3 is 9.47 Å². The zero-order chi connectivity index (χ0) is 14.2. The highest BCUT2D eigenvalue weighted by molar-refractivity contribution is 6.03. The number of carbonyl (C=O) groups is 1. The molecule has 0 amide bonds. The van der Waals surface area contributed by atoms with Crippen LogP contribution in [-0.4, -0.2) is 34.3 Å². The molecule has 2 aromatic rings. The SMILES string of the molecule is CN(C)/C=C/C(=O)c1nc2cc(F)cc(F)c2n1C. The topological polar surface area (TPSA) is 38.1 Å². The van der Waals surface area contributed by atoms with Gasteiger partial charge in [-0.25, -0.2) is 13.8 Å². The van der Waals surface area contributed by atoms with Crippen LogP contribution in [0.1, 0.15) is 10.6 Å². The van der Waals surface area contributed by atoms with E-state index in [1.807, 2.05) is 0 Å². The molecule has 1 aromatic heterocycles. The van der Waals surface area contributed by atoms with E-state index in [9.17, 15) is 13.6 Å². The van der Waals surface area contributed by atoms with Crippen LogP contribution in [-0.2, 0) is 7.05 Å². The molecule has 0 unspecified atom stereocenters. The molecule has 0 saturated heterocycles. The number of imidazole rings is 1. The van der Waals surface area contributed by atoms with Crippen LogP contribution in [0.15, 0.2) is 24.4 Å². The van der Waals surface area contributed by atoms with Crippen molar-refractivity contribution in [3.63, 3.8) is 0 Å². The first kappa shape index (κ1) is 13.2. The highest BCUT2D eigenvalue weighted by atomic mass is 19.1. The molecule has 0 aliphatic heterocycles. The molecule has 0 aliphatic carbocycles. The molecule has 6 heteroatoms. The second kappa shape index (κ2) is 4.79. The number of rotatable bonds is 3. The van der Waals surface area contributed by atoms with Gasteiger partial charge in [-0.15, -0.1) is 0 Å². The second-order valence-corrected chi connectivity index (χ2v) is 4.39. The van der Waals surface area contributed by atoms with E-state index < -0.39 is 11.6 Å². The third-order valence-corrected chi connectivity index (χ3v) is 2.63. The van der Waals surface area contributed by atoms with Gasteiger partial charge in [-0.1, -0.05) is 0 Å². The van der Waals surface area contributed by atoms with Crippen LogP contribution < -0.4 is 0 Å². The number of nitrogens with zero attached hydrogens (tertiary/aromatic N) is 3. The monoisotopic (exact) mass is 265 g/mol. The third-order valence-electron chi connectivity index (χ3n) is 2.63. The van der Waals surface area contributed by atoms with Gasteiger partial charge in [-0.3, -0.25) is 4.79 Å². The minimum absolute atomic E-state index is 0.0672. The van der Waals surface area contributed by atoms with Crippen LogP contribution in [0, 0.1) is 11.6 Å². The Bertz CT molecular complexity index is 674. The quantitative estimate of drug-likeness (QED) is 0.630. The van der Waals surface area contributed by atoms with E-state index in [0.29, 0.717) is 0 Å². The van der Waals surface area contributed by atoms with E-state index in [1.54, 1.807) is 25.2 Å². The first-order chi connectivity index (χ1) is 8.90. The Morgan fingerprint density at radius 3 is 2.68 bits per heavy atom. The first-order valence-corrected chi connectivity index (χ1v) is 5.60. The van der Waals surface area contributed by atoms with Crippen LogP contribution in [0.3, 0.4) is 0 Å². The molecule has 4 nitrogen and oxygen atoms in total. The molecular formula is C13H13F2N3O. The molecule has 0 bridgehead atoms. The molecule has 0 N–H and O–H groups in total. The van der Waals surface area contributed by atoms with Gasteiger partial charge in [0.15, 0.2) is 11.6 Å². The van der Waals surface area contributed by atoms with E-state index in [1.165, 1.54) is 17.7 Å². The molecule has 0 saturated carbocycles. The summed E-state index contributed by atoms with van der Waals surface area (Å²) in [6.07, 6.45) is 2.90. The van der Waals surface area contributed by atoms with Crippen molar-refractivity contribution in [2.24, 2.45) is 7.05 Å². The highest BCUT2D eigenvalue weighted by Crippen LogP contribution is 2.20. The second-order valence-electron chi connectivity index (χ2n) is 4.39. The number of fused-ring (bicyclic) bond motifs is 1. The number of hydrogen-bond acceptors (Lipinski definition) is 3. The fraction of sp³-hybridized carbons (Fsp3) is 0.231. The molecule has 0 radical (unpaired) electrons. The van der Waals surface area contributed by atoms with Crippen LogP contribution in [0.4, 0.5) is 8.78 Å². The van der Waals surface area contributed by atoms with E-state index in [-0.39, 0.29) is 22.6 Å².